The third-order valence-corrected chi connectivity index (χ3v) is 5.14. The van der Waals surface area contributed by atoms with E-state index in [1.165, 1.54) is 83.5 Å². The van der Waals surface area contributed by atoms with Gasteiger partial charge in [-0.3, -0.25) is 4.79 Å². The first-order valence-electron chi connectivity index (χ1n) is 10.5. The number of unbranched alkanes of at least 4 members (excludes halogenated alkanes) is 15. The molecule has 0 aromatic rings. The molecule has 0 spiro atoms. The van der Waals surface area contributed by atoms with Gasteiger partial charge in [0.2, 0.25) is 0 Å². The van der Waals surface area contributed by atoms with E-state index >= 15 is 0 Å². The predicted molar refractivity (Wildman–Crippen MR) is 105 cm³/mol. The van der Waals surface area contributed by atoms with Crippen LogP contribution in [0.15, 0.2) is 0 Å². The number of carbonyl (C=O) groups excluding carboxylic acids is 1. The molecule has 0 saturated heterocycles. The molecule has 0 aromatic carbocycles. The van der Waals surface area contributed by atoms with Crippen molar-refractivity contribution in [2.45, 2.75) is 110 Å². The first-order chi connectivity index (χ1) is 12.5. The van der Waals surface area contributed by atoms with Crippen molar-refractivity contribution in [1.29, 1.82) is 0 Å². The Morgan fingerprint density at radius 3 is 1.37 bits per heavy atom. The summed E-state index contributed by atoms with van der Waals surface area (Å²) in [6.45, 7) is 2.46. The zero-order chi connectivity index (χ0) is 19.5. The van der Waals surface area contributed by atoms with Gasteiger partial charge in [-0.05, 0) is 6.42 Å². The Kier molecular flexibility index (Phi) is 23.1. The van der Waals surface area contributed by atoms with Gasteiger partial charge in [0.15, 0.2) is 0 Å². The summed E-state index contributed by atoms with van der Waals surface area (Å²) in [5, 5.41) is 0. The van der Waals surface area contributed by atoms with Crippen molar-refractivity contribution in [2.24, 2.45) is 0 Å². The van der Waals surface area contributed by atoms with Gasteiger partial charge < -0.3 is 9.29 Å². The SMILES string of the molecule is CCCCCCCCCCCCCCCCCCOC(=O)CS(=O)(=O)[O-].[Na+]. The van der Waals surface area contributed by atoms with Crippen molar-refractivity contribution in [3.8, 4) is 0 Å². The molecular formula is C20H39NaO5S. The fourth-order valence-corrected chi connectivity index (χ4v) is 3.39. The van der Waals surface area contributed by atoms with Crippen molar-refractivity contribution in [1.82, 2.24) is 0 Å². The molecule has 0 aliphatic heterocycles. The fourth-order valence-electron chi connectivity index (χ4n) is 3.02. The standard InChI is InChI=1S/C20H40O5S.Na/c1-2-3-4-5-6-7-8-9-10-11-12-13-14-15-16-17-18-25-20(21)19-26(22,23)24;/h2-19H2,1H3,(H,22,23,24);/q;+1/p-1. The van der Waals surface area contributed by atoms with Crippen LogP contribution >= 0.6 is 0 Å². The Labute approximate surface area is 189 Å². The molecule has 0 atom stereocenters. The minimum atomic E-state index is -4.52. The van der Waals surface area contributed by atoms with Crippen molar-refractivity contribution < 1.29 is 52.1 Å². The van der Waals surface area contributed by atoms with Crippen molar-refractivity contribution in [2.75, 3.05) is 12.4 Å². The quantitative estimate of drug-likeness (QED) is 0.140. The molecule has 0 aromatic heterocycles. The van der Waals surface area contributed by atoms with Crippen molar-refractivity contribution in [3.63, 3.8) is 0 Å². The molecule has 27 heavy (non-hydrogen) atoms. The Morgan fingerprint density at radius 1 is 0.704 bits per heavy atom. The Hall–Kier alpha value is 0.380. The van der Waals surface area contributed by atoms with Gasteiger partial charge in [-0.15, -0.1) is 0 Å². The molecule has 0 saturated carbocycles. The summed E-state index contributed by atoms with van der Waals surface area (Å²) in [6, 6.07) is 0. The number of hydrogen-bond acceptors (Lipinski definition) is 5. The molecular weight excluding hydrogens is 375 g/mol. The van der Waals surface area contributed by atoms with Crippen LogP contribution in [-0.4, -0.2) is 31.3 Å². The third kappa shape index (κ3) is 26.4. The first-order valence-corrected chi connectivity index (χ1v) is 12.1. The van der Waals surface area contributed by atoms with Crippen LogP contribution in [0, 0.1) is 0 Å². The average Bonchev–Trinajstić information content (AvgIpc) is 2.56. The van der Waals surface area contributed by atoms with Crippen LogP contribution < -0.4 is 29.6 Å². The van der Waals surface area contributed by atoms with Gasteiger partial charge in [-0.25, -0.2) is 8.42 Å². The molecule has 0 aliphatic carbocycles. The number of carbonyl (C=O) groups is 1. The maximum absolute atomic E-state index is 11.0. The van der Waals surface area contributed by atoms with Gasteiger partial charge in [0.1, 0.15) is 15.9 Å². The van der Waals surface area contributed by atoms with Crippen LogP contribution in [0.2, 0.25) is 0 Å². The minimum absolute atomic E-state index is 0. The van der Waals surface area contributed by atoms with Crippen LogP contribution in [0.4, 0.5) is 0 Å². The summed E-state index contributed by atoms with van der Waals surface area (Å²) in [5.41, 5.74) is 0. The van der Waals surface area contributed by atoms with Crippen LogP contribution in [0.25, 0.3) is 0 Å². The van der Waals surface area contributed by atoms with Gasteiger partial charge in [0.25, 0.3) is 0 Å². The van der Waals surface area contributed by atoms with Crippen LogP contribution in [0.5, 0.6) is 0 Å². The van der Waals surface area contributed by atoms with Crippen LogP contribution in [-0.2, 0) is 19.6 Å². The van der Waals surface area contributed by atoms with Crippen LogP contribution in [0.3, 0.4) is 0 Å². The fraction of sp³-hybridized carbons (Fsp3) is 0.950. The number of ether oxygens (including phenoxy) is 1. The van der Waals surface area contributed by atoms with Gasteiger partial charge in [-0.2, -0.15) is 0 Å². The topological polar surface area (TPSA) is 83.5 Å². The number of hydrogen-bond donors (Lipinski definition) is 0. The average molecular weight is 415 g/mol. The molecule has 0 amide bonds. The molecule has 0 unspecified atom stereocenters. The van der Waals surface area contributed by atoms with E-state index in [0.29, 0.717) is 0 Å². The summed E-state index contributed by atoms with van der Waals surface area (Å²) >= 11 is 0. The smallest absolute Gasteiger partial charge is 0.748 e. The molecule has 0 fully saturated rings. The molecule has 5 nitrogen and oxygen atoms in total. The second-order valence-corrected chi connectivity index (χ2v) is 8.63. The maximum atomic E-state index is 11.0. The van der Waals surface area contributed by atoms with E-state index in [2.05, 4.69) is 6.92 Å². The van der Waals surface area contributed by atoms with Gasteiger partial charge in [-0.1, -0.05) is 103 Å². The van der Waals surface area contributed by atoms with E-state index in [1.54, 1.807) is 0 Å². The maximum Gasteiger partial charge on any atom is 1.00 e. The van der Waals surface area contributed by atoms with E-state index in [-0.39, 0.29) is 36.2 Å². The zero-order valence-corrected chi connectivity index (χ0v) is 20.5. The molecule has 0 bridgehead atoms. The molecule has 0 heterocycles. The minimum Gasteiger partial charge on any atom is -0.748 e. The van der Waals surface area contributed by atoms with Gasteiger partial charge in [0.05, 0.1) is 6.61 Å². The largest absolute Gasteiger partial charge is 1.00 e. The summed E-state index contributed by atoms with van der Waals surface area (Å²) in [4.78, 5) is 11.0. The van der Waals surface area contributed by atoms with E-state index < -0.39 is 21.8 Å². The van der Waals surface area contributed by atoms with E-state index in [1.807, 2.05) is 0 Å². The second-order valence-electron chi connectivity index (χ2n) is 7.23. The summed E-state index contributed by atoms with van der Waals surface area (Å²) in [5.74, 6) is -2.01. The molecule has 0 aliphatic rings. The number of rotatable bonds is 19. The zero-order valence-electron chi connectivity index (χ0n) is 17.7. The van der Waals surface area contributed by atoms with E-state index in [9.17, 15) is 17.8 Å². The van der Waals surface area contributed by atoms with Crippen LogP contribution in [0.1, 0.15) is 110 Å². The normalized spacial score (nSPS) is 11.2. The van der Waals surface area contributed by atoms with Gasteiger partial charge in [0, 0.05) is 0 Å². The van der Waals surface area contributed by atoms with Gasteiger partial charge >= 0.3 is 35.5 Å². The van der Waals surface area contributed by atoms with E-state index in [0.717, 1.165) is 19.3 Å². The monoisotopic (exact) mass is 414 g/mol. The molecule has 156 valence electrons. The summed E-state index contributed by atoms with van der Waals surface area (Å²) < 4.78 is 35.8. The molecule has 0 radical (unpaired) electrons. The Morgan fingerprint density at radius 2 is 1.04 bits per heavy atom. The summed E-state index contributed by atoms with van der Waals surface area (Å²) in [7, 11) is -4.52. The van der Waals surface area contributed by atoms with Crippen molar-refractivity contribution in [3.05, 3.63) is 0 Å². The summed E-state index contributed by atoms with van der Waals surface area (Å²) in [6.07, 6.45) is 20.3. The predicted octanol–water partition coefficient (Wildman–Crippen LogP) is 2.34. The van der Waals surface area contributed by atoms with E-state index in [4.69, 9.17) is 4.74 Å². The first kappa shape index (κ1) is 29.6. The Bertz CT molecular complexity index is 426. The molecule has 7 heteroatoms. The molecule has 0 rings (SSSR count). The number of esters is 1. The third-order valence-electron chi connectivity index (χ3n) is 4.56. The second kappa shape index (κ2) is 21.1. The van der Waals surface area contributed by atoms with Crippen molar-refractivity contribution >= 4 is 16.1 Å². The molecule has 0 N–H and O–H groups in total. The Balaban J connectivity index is 0.